The highest BCUT2D eigenvalue weighted by Gasteiger charge is 2.27. The molecule has 8 heteroatoms. The van der Waals surface area contributed by atoms with E-state index >= 15 is 0 Å². The Hall–Kier alpha value is -4.04. The maximum Gasteiger partial charge on any atom is 0.338 e. The SMILES string of the molecule is COc1cc(CN2CCC(NC(=O)c3ccccc3COC(=O)c3ccccc3)C2)cc2c1OCO2. The second-order valence-electron chi connectivity index (χ2n) is 8.83. The molecular weight excluding hydrogens is 460 g/mol. The lowest BCUT2D eigenvalue weighted by Crippen LogP contribution is -2.37. The minimum Gasteiger partial charge on any atom is -0.493 e. The van der Waals surface area contributed by atoms with E-state index in [1.54, 1.807) is 43.5 Å². The van der Waals surface area contributed by atoms with Crippen molar-refractivity contribution in [3.63, 3.8) is 0 Å². The smallest absolute Gasteiger partial charge is 0.338 e. The van der Waals surface area contributed by atoms with Gasteiger partial charge in [-0.2, -0.15) is 0 Å². The summed E-state index contributed by atoms with van der Waals surface area (Å²) in [6.45, 7) is 2.52. The summed E-state index contributed by atoms with van der Waals surface area (Å²) >= 11 is 0. The molecule has 2 heterocycles. The third kappa shape index (κ3) is 5.28. The molecule has 1 atom stereocenters. The van der Waals surface area contributed by atoms with Crippen LogP contribution in [0, 0.1) is 0 Å². The summed E-state index contributed by atoms with van der Waals surface area (Å²) in [5, 5.41) is 3.14. The van der Waals surface area contributed by atoms with Gasteiger partial charge in [-0.1, -0.05) is 36.4 Å². The molecule has 0 radical (unpaired) electrons. The van der Waals surface area contributed by atoms with Gasteiger partial charge in [-0.3, -0.25) is 9.69 Å². The van der Waals surface area contributed by atoms with Crippen molar-refractivity contribution in [2.45, 2.75) is 25.6 Å². The normalized spacial score (nSPS) is 16.5. The van der Waals surface area contributed by atoms with E-state index in [4.69, 9.17) is 18.9 Å². The summed E-state index contributed by atoms with van der Waals surface area (Å²) in [5.74, 6) is 1.41. The highest BCUT2D eigenvalue weighted by atomic mass is 16.7. The predicted octanol–water partition coefficient (Wildman–Crippen LogP) is 3.79. The summed E-state index contributed by atoms with van der Waals surface area (Å²) in [6.07, 6.45) is 0.846. The molecule has 5 rings (SSSR count). The van der Waals surface area contributed by atoms with E-state index in [-0.39, 0.29) is 25.3 Å². The monoisotopic (exact) mass is 488 g/mol. The van der Waals surface area contributed by atoms with Gasteiger partial charge in [0.15, 0.2) is 11.5 Å². The molecule has 0 aromatic heterocycles. The van der Waals surface area contributed by atoms with E-state index < -0.39 is 5.97 Å². The quantitative estimate of drug-likeness (QED) is 0.483. The topological polar surface area (TPSA) is 86.3 Å². The molecule has 3 aromatic carbocycles. The van der Waals surface area contributed by atoms with Gasteiger partial charge in [0, 0.05) is 36.8 Å². The molecule has 186 valence electrons. The Morgan fingerprint density at radius 3 is 2.69 bits per heavy atom. The summed E-state index contributed by atoms with van der Waals surface area (Å²) in [6, 6.07) is 20.0. The van der Waals surface area contributed by atoms with Crippen molar-refractivity contribution in [2.75, 3.05) is 27.0 Å². The van der Waals surface area contributed by atoms with E-state index in [9.17, 15) is 9.59 Å². The maximum atomic E-state index is 13.1. The zero-order valence-corrected chi connectivity index (χ0v) is 20.1. The molecule has 1 amide bonds. The average Bonchev–Trinajstić information content (AvgIpc) is 3.56. The number of carbonyl (C=O) groups excluding carboxylic acids is 2. The van der Waals surface area contributed by atoms with Crippen LogP contribution in [0.3, 0.4) is 0 Å². The van der Waals surface area contributed by atoms with Crippen LogP contribution in [0.15, 0.2) is 66.7 Å². The fourth-order valence-corrected chi connectivity index (χ4v) is 4.56. The van der Waals surface area contributed by atoms with Crippen LogP contribution in [0.2, 0.25) is 0 Å². The van der Waals surface area contributed by atoms with Gasteiger partial charge in [0.1, 0.15) is 6.61 Å². The fourth-order valence-electron chi connectivity index (χ4n) is 4.56. The van der Waals surface area contributed by atoms with Crippen molar-refractivity contribution in [3.8, 4) is 17.2 Å². The number of likely N-dealkylation sites (tertiary alicyclic amines) is 1. The van der Waals surface area contributed by atoms with E-state index in [0.717, 1.165) is 25.1 Å². The van der Waals surface area contributed by atoms with Gasteiger partial charge in [-0.05, 0) is 42.3 Å². The van der Waals surface area contributed by atoms with Crippen molar-refractivity contribution < 1.29 is 28.5 Å². The Bertz CT molecular complexity index is 1250. The molecule has 0 aliphatic carbocycles. The summed E-state index contributed by atoms with van der Waals surface area (Å²) in [7, 11) is 1.61. The lowest BCUT2D eigenvalue weighted by atomic mass is 10.1. The molecule has 2 aliphatic heterocycles. The maximum absolute atomic E-state index is 13.1. The number of rotatable bonds is 8. The lowest BCUT2D eigenvalue weighted by molar-refractivity contribution is 0.0470. The van der Waals surface area contributed by atoms with Gasteiger partial charge in [0.2, 0.25) is 12.5 Å². The summed E-state index contributed by atoms with van der Waals surface area (Å²) in [5.41, 5.74) is 2.72. The molecule has 1 saturated heterocycles. The molecule has 1 N–H and O–H groups in total. The molecule has 8 nitrogen and oxygen atoms in total. The number of hydrogen-bond acceptors (Lipinski definition) is 7. The Morgan fingerprint density at radius 1 is 1.06 bits per heavy atom. The van der Waals surface area contributed by atoms with Crippen molar-refractivity contribution >= 4 is 11.9 Å². The van der Waals surface area contributed by atoms with E-state index in [1.807, 2.05) is 30.3 Å². The van der Waals surface area contributed by atoms with Crippen LogP contribution in [-0.2, 0) is 17.9 Å². The van der Waals surface area contributed by atoms with Gasteiger partial charge in [0.25, 0.3) is 5.91 Å². The van der Waals surface area contributed by atoms with Gasteiger partial charge in [-0.15, -0.1) is 0 Å². The Morgan fingerprint density at radius 2 is 1.86 bits per heavy atom. The van der Waals surface area contributed by atoms with Crippen molar-refractivity contribution in [1.29, 1.82) is 0 Å². The zero-order valence-electron chi connectivity index (χ0n) is 20.1. The van der Waals surface area contributed by atoms with Gasteiger partial charge >= 0.3 is 5.97 Å². The average molecular weight is 489 g/mol. The van der Waals surface area contributed by atoms with Gasteiger partial charge in [0.05, 0.1) is 12.7 Å². The van der Waals surface area contributed by atoms with Gasteiger partial charge < -0.3 is 24.3 Å². The number of amides is 1. The highest BCUT2D eigenvalue weighted by molar-refractivity contribution is 5.96. The fraction of sp³-hybridized carbons (Fsp3) is 0.286. The van der Waals surface area contributed by atoms with E-state index in [0.29, 0.717) is 40.5 Å². The molecule has 0 spiro atoms. The van der Waals surface area contributed by atoms with Crippen LogP contribution >= 0.6 is 0 Å². The number of methoxy groups -OCH3 is 1. The summed E-state index contributed by atoms with van der Waals surface area (Å²) in [4.78, 5) is 27.7. The highest BCUT2D eigenvalue weighted by Crippen LogP contribution is 2.42. The Balaban J connectivity index is 1.18. The van der Waals surface area contributed by atoms with E-state index in [2.05, 4.69) is 10.2 Å². The number of esters is 1. The molecule has 2 aliphatic rings. The van der Waals surface area contributed by atoms with Crippen LogP contribution in [0.5, 0.6) is 17.2 Å². The Kier molecular flexibility index (Phi) is 7.04. The first kappa shape index (κ1) is 23.7. The first-order valence-corrected chi connectivity index (χ1v) is 11.9. The number of carbonyl (C=O) groups is 2. The molecule has 0 bridgehead atoms. The minimum absolute atomic E-state index is 0.0216. The second-order valence-corrected chi connectivity index (χ2v) is 8.83. The van der Waals surface area contributed by atoms with Gasteiger partial charge in [-0.25, -0.2) is 4.79 Å². The largest absolute Gasteiger partial charge is 0.493 e. The standard InChI is InChI=1S/C28H28N2O6/c1-33-24-13-19(14-25-26(24)36-18-35-25)15-30-12-11-22(16-30)29-27(31)23-10-6-5-9-21(23)17-34-28(32)20-7-3-2-4-8-20/h2-10,13-14,22H,11-12,15-18H2,1H3,(H,29,31). The first-order valence-electron chi connectivity index (χ1n) is 11.9. The number of nitrogens with zero attached hydrogens (tertiary/aromatic N) is 1. The van der Waals surface area contributed by atoms with Crippen LogP contribution < -0.4 is 19.5 Å². The van der Waals surface area contributed by atoms with Crippen molar-refractivity contribution in [1.82, 2.24) is 10.2 Å². The van der Waals surface area contributed by atoms with Crippen LogP contribution in [0.1, 0.15) is 38.3 Å². The zero-order chi connectivity index (χ0) is 24.9. The van der Waals surface area contributed by atoms with Crippen LogP contribution in [0.25, 0.3) is 0 Å². The minimum atomic E-state index is -0.419. The predicted molar refractivity (Wildman–Crippen MR) is 132 cm³/mol. The number of benzene rings is 3. The second kappa shape index (κ2) is 10.7. The first-order chi connectivity index (χ1) is 17.6. The van der Waals surface area contributed by atoms with Crippen LogP contribution in [0.4, 0.5) is 0 Å². The number of hydrogen-bond donors (Lipinski definition) is 1. The molecule has 3 aromatic rings. The third-order valence-electron chi connectivity index (χ3n) is 6.36. The molecule has 1 fully saturated rings. The number of nitrogens with one attached hydrogen (secondary N) is 1. The summed E-state index contributed by atoms with van der Waals surface area (Å²) < 4.78 is 21.9. The number of fused-ring (bicyclic) bond motifs is 1. The van der Waals surface area contributed by atoms with Crippen LogP contribution in [-0.4, -0.2) is 49.8 Å². The van der Waals surface area contributed by atoms with Crippen molar-refractivity contribution in [2.24, 2.45) is 0 Å². The number of ether oxygens (including phenoxy) is 4. The Labute approximate surface area is 209 Å². The van der Waals surface area contributed by atoms with E-state index in [1.165, 1.54) is 0 Å². The van der Waals surface area contributed by atoms with Crippen molar-refractivity contribution in [3.05, 3.63) is 89.0 Å². The molecular formula is C28H28N2O6. The molecule has 0 saturated carbocycles. The third-order valence-corrected chi connectivity index (χ3v) is 6.36. The molecule has 36 heavy (non-hydrogen) atoms. The molecule has 1 unspecified atom stereocenters. The lowest BCUT2D eigenvalue weighted by Gasteiger charge is -2.18.